The van der Waals surface area contributed by atoms with E-state index in [0.29, 0.717) is 16.4 Å². The number of carbonyl (C=O) groups is 1. The molecule has 22 heavy (non-hydrogen) atoms. The van der Waals surface area contributed by atoms with Crippen molar-refractivity contribution in [2.75, 3.05) is 0 Å². The highest BCUT2D eigenvalue weighted by Gasteiger charge is 2.26. The first-order chi connectivity index (χ1) is 10.5. The second kappa shape index (κ2) is 6.10. The Bertz CT molecular complexity index is 761. The number of hydrogen-bond donors (Lipinski definition) is 1. The van der Waals surface area contributed by atoms with E-state index in [2.05, 4.69) is 4.99 Å². The summed E-state index contributed by atoms with van der Waals surface area (Å²) < 4.78 is 13.1. The van der Waals surface area contributed by atoms with Crippen LogP contribution in [0.15, 0.2) is 52.4 Å². The Hall–Kier alpha value is -1.85. The highest BCUT2D eigenvalue weighted by molar-refractivity contribution is 8.00. The molecule has 6 heteroatoms. The predicted octanol–water partition coefficient (Wildman–Crippen LogP) is 4.55. The highest BCUT2D eigenvalue weighted by Crippen LogP contribution is 2.39. The summed E-state index contributed by atoms with van der Waals surface area (Å²) in [5.74, 6) is -1.25. The molecule has 1 atom stereocenters. The molecule has 0 radical (unpaired) electrons. The first kappa shape index (κ1) is 15.1. The summed E-state index contributed by atoms with van der Waals surface area (Å²) in [6, 6.07) is 11.1. The maximum absolute atomic E-state index is 13.1. The van der Waals surface area contributed by atoms with Crippen molar-refractivity contribution >= 4 is 40.7 Å². The number of thioether (sulfide) groups is 1. The van der Waals surface area contributed by atoms with Gasteiger partial charge in [0, 0.05) is 16.3 Å². The predicted molar refractivity (Wildman–Crippen MR) is 85.9 cm³/mol. The molecule has 112 valence electrons. The Kier molecular flexibility index (Phi) is 4.18. The lowest BCUT2D eigenvalue weighted by Gasteiger charge is -2.10. The van der Waals surface area contributed by atoms with E-state index in [1.807, 2.05) is 0 Å². The van der Waals surface area contributed by atoms with Gasteiger partial charge in [-0.2, -0.15) is 0 Å². The molecule has 0 saturated heterocycles. The molecule has 1 N–H and O–H groups in total. The Morgan fingerprint density at radius 1 is 1.27 bits per heavy atom. The molecule has 2 aromatic carbocycles. The van der Waals surface area contributed by atoms with Crippen molar-refractivity contribution in [1.82, 2.24) is 0 Å². The minimum atomic E-state index is -0.910. The zero-order valence-corrected chi connectivity index (χ0v) is 12.9. The van der Waals surface area contributed by atoms with Crippen LogP contribution in [-0.2, 0) is 4.79 Å². The smallest absolute Gasteiger partial charge is 0.317 e. The fraction of sp³-hybridized carbons (Fsp3) is 0.125. The van der Waals surface area contributed by atoms with E-state index in [9.17, 15) is 14.3 Å². The van der Waals surface area contributed by atoms with Crippen molar-refractivity contribution in [2.45, 2.75) is 16.6 Å². The van der Waals surface area contributed by atoms with E-state index in [4.69, 9.17) is 11.6 Å². The van der Waals surface area contributed by atoms with Crippen LogP contribution in [0.4, 0.5) is 10.1 Å². The number of aliphatic imine (C=N–C) groups is 1. The summed E-state index contributed by atoms with van der Waals surface area (Å²) in [5, 5.41) is 9.27. The summed E-state index contributed by atoms with van der Waals surface area (Å²) in [5.41, 5.74) is 2.02. The van der Waals surface area contributed by atoms with Gasteiger partial charge in [0.25, 0.3) is 0 Å². The summed E-state index contributed by atoms with van der Waals surface area (Å²) in [6.45, 7) is 0. The molecule has 3 rings (SSSR count). The molecular formula is C16H11ClFNO2S. The number of aliphatic carboxylic acids is 1. The van der Waals surface area contributed by atoms with Gasteiger partial charge < -0.3 is 5.11 Å². The molecule has 0 fully saturated rings. The fourth-order valence-electron chi connectivity index (χ4n) is 2.20. The second-order valence-electron chi connectivity index (χ2n) is 4.83. The van der Waals surface area contributed by atoms with Crippen LogP contribution in [0.1, 0.15) is 12.0 Å². The van der Waals surface area contributed by atoms with Gasteiger partial charge in [-0.1, -0.05) is 23.7 Å². The third kappa shape index (κ3) is 3.15. The van der Waals surface area contributed by atoms with Gasteiger partial charge in [-0.15, -0.1) is 11.8 Å². The normalized spacial score (nSPS) is 17.4. The number of benzene rings is 2. The topological polar surface area (TPSA) is 49.7 Å². The van der Waals surface area contributed by atoms with Gasteiger partial charge in [0.2, 0.25) is 0 Å². The number of carboxylic acid groups (broad SMARTS) is 1. The van der Waals surface area contributed by atoms with Gasteiger partial charge in [-0.25, -0.2) is 4.39 Å². The first-order valence-corrected chi connectivity index (χ1v) is 7.81. The van der Waals surface area contributed by atoms with Crippen LogP contribution < -0.4 is 0 Å². The molecule has 0 amide bonds. The monoisotopic (exact) mass is 335 g/mol. The zero-order chi connectivity index (χ0) is 15.7. The van der Waals surface area contributed by atoms with Gasteiger partial charge in [0.05, 0.1) is 11.4 Å². The number of halogens is 2. The van der Waals surface area contributed by atoms with E-state index in [0.717, 1.165) is 10.5 Å². The average Bonchev–Trinajstić information content (AvgIpc) is 2.67. The van der Waals surface area contributed by atoms with Crippen molar-refractivity contribution in [1.29, 1.82) is 0 Å². The molecule has 1 unspecified atom stereocenters. The van der Waals surface area contributed by atoms with E-state index in [-0.39, 0.29) is 12.2 Å². The van der Waals surface area contributed by atoms with Crippen molar-refractivity contribution in [3.8, 4) is 0 Å². The van der Waals surface area contributed by atoms with Crippen LogP contribution in [0.2, 0.25) is 5.02 Å². The number of rotatable bonds is 2. The standard InChI is InChI=1S/C16H11ClFNO2S/c17-10-3-6-12-14(7-10)22-15(16(20)21)8-13(19-12)9-1-4-11(18)5-2-9/h1-7,15H,8H2,(H,20,21). The van der Waals surface area contributed by atoms with Crippen LogP contribution >= 0.6 is 23.4 Å². The van der Waals surface area contributed by atoms with Gasteiger partial charge in [0.15, 0.2) is 0 Å². The Morgan fingerprint density at radius 2 is 2.00 bits per heavy atom. The zero-order valence-electron chi connectivity index (χ0n) is 11.3. The molecule has 0 aromatic heterocycles. The molecule has 2 aromatic rings. The van der Waals surface area contributed by atoms with E-state index in [1.165, 1.54) is 23.9 Å². The molecule has 0 saturated carbocycles. The summed E-state index contributed by atoms with van der Waals surface area (Å²) in [7, 11) is 0. The van der Waals surface area contributed by atoms with Crippen LogP contribution in [0.5, 0.6) is 0 Å². The lowest BCUT2D eigenvalue weighted by Crippen LogP contribution is -2.20. The Balaban J connectivity index is 2.09. The molecule has 1 heterocycles. The average molecular weight is 336 g/mol. The van der Waals surface area contributed by atoms with Crippen LogP contribution in [0, 0.1) is 5.82 Å². The third-order valence-electron chi connectivity index (χ3n) is 3.28. The number of nitrogens with zero attached hydrogens (tertiary/aromatic N) is 1. The maximum atomic E-state index is 13.1. The van der Waals surface area contributed by atoms with E-state index < -0.39 is 11.2 Å². The van der Waals surface area contributed by atoms with Gasteiger partial charge >= 0.3 is 5.97 Å². The largest absolute Gasteiger partial charge is 0.480 e. The lowest BCUT2D eigenvalue weighted by molar-refractivity contribution is -0.136. The minimum Gasteiger partial charge on any atom is -0.480 e. The fourth-order valence-corrected chi connectivity index (χ4v) is 3.51. The third-order valence-corrected chi connectivity index (χ3v) is 4.75. The number of carboxylic acids is 1. The maximum Gasteiger partial charge on any atom is 0.317 e. The quantitative estimate of drug-likeness (QED) is 0.876. The molecule has 1 aliphatic rings. The minimum absolute atomic E-state index is 0.262. The van der Waals surface area contributed by atoms with Gasteiger partial charge in [-0.05, 0) is 35.9 Å². The van der Waals surface area contributed by atoms with Crippen molar-refractivity contribution < 1.29 is 14.3 Å². The molecule has 0 spiro atoms. The van der Waals surface area contributed by atoms with Crippen molar-refractivity contribution in [3.63, 3.8) is 0 Å². The SMILES string of the molecule is O=C(O)C1CC(c2ccc(F)cc2)=Nc2ccc(Cl)cc2S1. The Labute approximate surface area is 135 Å². The van der Waals surface area contributed by atoms with E-state index >= 15 is 0 Å². The molecule has 1 aliphatic heterocycles. The second-order valence-corrected chi connectivity index (χ2v) is 6.51. The number of fused-ring (bicyclic) bond motifs is 1. The van der Waals surface area contributed by atoms with Gasteiger partial charge in [-0.3, -0.25) is 9.79 Å². The Morgan fingerprint density at radius 3 is 2.68 bits per heavy atom. The molecule has 3 nitrogen and oxygen atoms in total. The van der Waals surface area contributed by atoms with Crippen molar-refractivity contribution in [3.05, 3.63) is 58.9 Å². The van der Waals surface area contributed by atoms with Crippen LogP contribution in [-0.4, -0.2) is 22.0 Å². The van der Waals surface area contributed by atoms with E-state index in [1.54, 1.807) is 30.3 Å². The highest BCUT2D eigenvalue weighted by atomic mass is 35.5. The van der Waals surface area contributed by atoms with Gasteiger partial charge in [0.1, 0.15) is 11.1 Å². The summed E-state index contributed by atoms with van der Waals surface area (Å²) >= 11 is 7.21. The molecule has 0 aliphatic carbocycles. The first-order valence-electron chi connectivity index (χ1n) is 6.55. The lowest BCUT2D eigenvalue weighted by atomic mass is 10.1. The molecule has 0 bridgehead atoms. The molecular weight excluding hydrogens is 325 g/mol. The van der Waals surface area contributed by atoms with Crippen molar-refractivity contribution in [2.24, 2.45) is 4.99 Å². The summed E-state index contributed by atoms with van der Waals surface area (Å²) in [6.07, 6.45) is 0.262. The van der Waals surface area contributed by atoms with Crippen LogP contribution in [0.3, 0.4) is 0 Å². The number of hydrogen-bond acceptors (Lipinski definition) is 3. The van der Waals surface area contributed by atoms with Crippen LogP contribution in [0.25, 0.3) is 0 Å². The summed E-state index contributed by atoms with van der Waals surface area (Å²) in [4.78, 5) is 16.8.